The molecule has 1 aliphatic rings. The number of halogens is 1. The second-order valence-electron chi connectivity index (χ2n) is 8.56. The number of benzene rings is 3. The molecule has 1 fully saturated rings. The van der Waals surface area contributed by atoms with Crippen LogP contribution in [0.25, 0.3) is 0 Å². The van der Waals surface area contributed by atoms with E-state index in [1.807, 2.05) is 12.1 Å². The average Bonchev–Trinajstić information content (AvgIpc) is 3.37. The standard InChI is InChI=1S/C26H25FN6O5/c27-20-7-3-8-21(14-20)30-26(36)32-11-10-31(25(35)19-6-2-9-22(13-19)33(37)38)24(32)23(34)29-16-18-5-1-4-17(12-18)15-28/h1-9,12-14,24H,10-11,15-16,28H2,(H,29,34)(H,30,36). The lowest BCUT2D eigenvalue weighted by Crippen LogP contribution is -2.54. The highest BCUT2D eigenvalue weighted by Gasteiger charge is 2.43. The van der Waals surface area contributed by atoms with Gasteiger partial charge in [-0.2, -0.15) is 0 Å². The van der Waals surface area contributed by atoms with Gasteiger partial charge in [-0.25, -0.2) is 9.18 Å². The van der Waals surface area contributed by atoms with Gasteiger partial charge >= 0.3 is 6.03 Å². The van der Waals surface area contributed by atoms with E-state index in [0.29, 0.717) is 6.54 Å². The Balaban J connectivity index is 1.59. The van der Waals surface area contributed by atoms with Crippen LogP contribution in [0.15, 0.2) is 72.8 Å². The molecule has 0 bridgehead atoms. The van der Waals surface area contributed by atoms with Crippen LogP contribution in [0.4, 0.5) is 20.6 Å². The minimum atomic E-state index is -1.35. The number of nitrogens with one attached hydrogen (secondary N) is 2. The summed E-state index contributed by atoms with van der Waals surface area (Å²) >= 11 is 0. The molecule has 3 aromatic carbocycles. The number of nitro benzene ring substituents is 1. The van der Waals surface area contributed by atoms with Crippen molar-refractivity contribution < 1.29 is 23.7 Å². The number of carbonyl (C=O) groups excluding carboxylic acids is 3. The third-order valence-electron chi connectivity index (χ3n) is 6.00. The first-order valence-electron chi connectivity index (χ1n) is 11.7. The molecule has 12 heteroatoms. The van der Waals surface area contributed by atoms with Crippen molar-refractivity contribution in [2.75, 3.05) is 18.4 Å². The molecule has 1 atom stereocenters. The van der Waals surface area contributed by atoms with E-state index in [4.69, 9.17) is 5.73 Å². The molecule has 4 rings (SSSR count). The van der Waals surface area contributed by atoms with Gasteiger partial charge in [-0.3, -0.25) is 24.6 Å². The molecule has 1 saturated heterocycles. The Labute approximate surface area is 217 Å². The van der Waals surface area contributed by atoms with Gasteiger partial charge in [0.1, 0.15) is 5.82 Å². The lowest BCUT2D eigenvalue weighted by molar-refractivity contribution is -0.384. The summed E-state index contributed by atoms with van der Waals surface area (Å²) < 4.78 is 13.6. The highest BCUT2D eigenvalue weighted by molar-refractivity contribution is 6.01. The van der Waals surface area contributed by atoms with Crippen LogP contribution in [0.3, 0.4) is 0 Å². The van der Waals surface area contributed by atoms with E-state index < -0.39 is 34.8 Å². The van der Waals surface area contributed by atoms with Crippen LogP contribution in [0.1, 0.15) is 21.5 Å². The Morgan fingerprint density at radius 3 is 2.42 bits per heavy atom. The number of nitrogens with two attached hydrogens (primary N) is 1. The molecule has 4 amide bonds. The first-order valence-corrected chi connectivity index (χ1v) is 11.7. The number of nitro groups is 1. The summed E-state index contributed by atoms with van der Waals surface area (Å²) in [5.74, 6) is -1.84. The van der Waals surface area contributed by atoms with Crippen LogP contribution in [0, 0.1) is 15.9 Å². The minimum Gasteiger partial charge on any atom is -0.349 e. The highest BCUT2D eigenvalue weighted by atomic mass is 19.1. The Morgan fingerprint density at radius 2 is 1.68 bits per heavy atom. The largest absolute Gasteiger partial charge is 0.349 e. The zero-order valence-corrected chi connectivity index (χ0v) is 20.2. The molecule has 11 nitrogen and oxygen atoms in total. The second kappa shape index (κ2) is 11.5. The first kappa shape index (κ1) is 26.2. The fourth-order valence-corrected chi connectivity index (χ4v) is 4.16. The normalized spacial score (nSPS) is 14.7. The van der Waals surface area contributed by atoms with Gasteiger partial charge in [0, 0.05) is 49.6 Å². The van der Waals surface area contributed by atoms with Crippen LogP contribution >= 0.6 is 0 Å². The maximum atomic E-state index is 13.6. The number of carbonyl (C=O) groups is 3. The topological polar surface area (TPSA) is 151 Å². The van der Waals surface area contributed by atoms with Crippen molar-refractivity contribution in [3.05, 3.63) is 105 Å². The Kier molecular flexibility index (Phi) is 7.92. The summed E-state index contributed by atoms with van der Waals surface area (Å²) in [5, 5.41) is 16.5. The zero-order chi connectivity index (χ0) is 27.2. The van der Waals surface area contributed by atoms with E-state index in [1.54, 1.807) is 12.1 Å². The summed E-state index contributed by atoms with van der Waals surface area (Å²) in [7, 11) is 0. The van der Waals surface area contributed by atoms with Crippen molar-refractivity contribution in [3.63, 3.8) is 0 Å². The SMILES string of the molecule is NCc1cccc(CNC(=O)C2N(C(=O)Nc3cccc(F)c3)CCN2C(=O)c2cccc([N+](=O)[O-])c2)c1. The molecular weight excluding hydrogens is 495 g/mol. The summed E-state index contributed by atoms with van der Waals surface area (Å²) in [5.41, 5.74) is 7.22. The third kappa shape index (κ3) is 5.93. The molecule has 1 aliphatic heterocycles. The van der Waals surface area contributed by atoms with Gasteiger partial charge in [0.05, 0.1) is 4.92 Å². The van der Waals surface area contributed by atoms with Crippen molar-refractivity contribution in [2.24, 2.45) is 5.73 Å². The molecule has 0 saturated carbocycles. The molecule has 196 valence electrons. The lowest BCUT2D eigenvalue weighted by Gasteiger charge is -2.29. The number of nitrogens with zero attached hydrogens (tertiary/aromatic N) is 3. The summed E-state index contributed by atoms with van der Waals surface area (Å²) in [6.45, 7) is 0.437. The van der Waals surface area contributed by atoms with E-state index in [-0.39, 0.29) is 36.6 Å². The predicted octanol–water partition coefficient (Wildman–Crippen LogP) is 2.83. The van der Waals surface area contributed by atoms with Gasteiger partial charge in [0.15, 0.2) is 6.17 Å². The number of hydrogen-bond acceptors (Lipinski definition) is 6. The fraction of sp³-hybridized carbons (Fsp3) is 0.192. The van der Waals surface area contributed by atoms with Gasteiger partial charge in [-0.1, -0.05) is 36.4 Å². The number of non-ortho nitro benzene ring substituents is 1. The number of rotatable bonds is 7. The maximum Gasteiger partial charge on any atom is 0.323 e. The molecule has 4 N–H and O–H groups in total. The number of amides is 4. The van der Waals surface area contributed by atoms with E-state index in [2.05, 4.69) is 10.6 Å². The van der Waals surface area contributed by atoms with Gasteiger partial charge in [-0.15, -0.1) is 0 Å². The van der Waals surface area contributed by atoms with E-state index in [1.165, 1.54) is 41.3 Å². The molecule has 0 radical (unpaired) electrons. The molecular formula is C26H25FN6O5. The summed E-state index contributed by atoms with van der Waals surface area (Å²) in [6, 6.07) is 17.0. The van der Waals surface area contributed by atoms with Crippen molar-refractivity contribution in [2.45, 2.75) is 19.3 Å². The monoisotopic (exact) mass is 520 g/mol. The molecule has 1 heterocycles. The van der Waals surface area contributed by atoms with Gasteiger partial charge in [0.25, 0.3) is 17.5 Å². The molecule has 0 aliphatic carbocycles. The van der Waals surface area contributed by atoms with Crippen LogP contribution in [-0.2, 0) is 17.9 Å². The Bertz CT molecular complexity index is 1380. The molecule has 0 aromatic heterocycles. The molecule has 38 heavy (non-hydrogen) atoms. The highest BCUT2D eigenvalue weighted by Crippen LogP contribution is 2.22. The molecule has 1 unspecified atom stereocenters. The maximum absolute atomic E-state index is 13.6. The summed E-state index contributed by atoms with van der Waals surface area (Å²) in [6.07, 6.45) is -1.35. The molecule has 3 aromatic rings. The molecule has 0 spiro atoms. The van der Waals surface area contributed by atoms with Crippen molar-refractivity contribution in [1.82, 2.24) is 15.1 Å². The van der Waals surface area contributed by atoms with Crippen LogP contribution in [0.5, 0.6) is 0 Å². The van der Waals surface area contributed by atoms with E-state index in [0.717, 1.165) is 28.2 Å². The van der Waals surface area contributed by atoms with Gasteiger partial charge in [0.2, 0.25) is 0 Å². The van der Waals surface area contributed by atoms with Crippen LogP contribution < -0.4 is 16.4 Å². The van der Waals surface area contributed by atoms with Crippen molar-refractivity contribution in [1.29, 1.82) is 0 Å². The van der Waals surface area contributed by atoms with Gasteiger partial charge < -0.3 is 21.3 Å². The zero-order valence-electron chi connectivity index (χ0n) is 20.2. The van der Waals surface area contributed by atoms with Gasteiger partial charge in [-0.05, 0) is 35.4 Å². The summed E-state index contributed by atoms with van der Waals surface area (Å²) in [4.78, 5) is 52.8. The van der Waals surface area contributed by atoms with Crippen molar-refractivity contribution in [3.8, 4) is 0 Å². The van der Waals surface area contributed by atoms with Crippen molar-refractivity contribution >= 4 is 29.2 Å². The lowest BCUT2D eigenvalue weighted by atomic mass is 10.1. The Morgan fingerprint density at radius 1 is 0.974 bits per heavy atom. The minimum absolute atomic E-state index is 0.0000330. The number of hydrogen-bond donors (Lipinski definition) is 3. The smallest absolute Gasteiger partial charge is 0.323 e. The van der Waals surface area contributed by atoms with Crippen LogP contribution in [-0.4, -0.2) is 51.8 Å². The number of anilines is 1. The second-order valence-corrected chi connectivity index (χ2v) is 8.56. The Hall–Kier alpha value is -4.84. The predicted molar refractivity (Wildman–Crippen MR) is 136 cm³/mol. The van der Waals surface area contributed by atoms with E-state index in [9.17, 15) is 28.9 Å². The third-order valence-corrected chi connectivity index (χ3v) is 6.00. The quantitative estimate of drug-likeness (QED) is 0.322. The van der Waals surface area contributed by atoms with Crippen LogP contribution in [0.2, 0.25) is 0 Å². The van der Waals surface area contributed by atoms with E-state index >= 15 is 0 Å². The first-order chi connectivity index (χ1) is 18.3. The average molecular weight is 521 g/mol. The fourth-order valence-electron chi connectivity index (χ4n) is 4.16. The number of urea groups is 1.